The molecular weight excluding hydrogens is 254 g/mol. The second kappa shape index (κ2) is 7.48. The van der Waals surface area contributed by atoms with Crippen LogP contribution in [0.1, 0.15) is 24.8 Å². The molecule has 0 heterocycles. The Hall–Kier alpha value is -2.10. The van der Waals surface area contributed by atoms with Gasteiger partial charge in [-0.05, 0) is 24.3 Å². The molecule has 1 aromatic rings. The number of rotatable bonds is 6. The van der Waals surface area contributed by atoms with Crippen LogP contribution in [0.25, 0.3) is 0 Å². The number of hydrogen-bond acceptors (Lipinski definition) is 3. The Labute approximate surface area is 118 Å². The number of carbonyl (C=O) groups excluding carboxylic acids is 2. The summed E-state index contributed by atoms with van der Waals surface area (Å²) in [5, 5.41) is 2.72. The molecule has 1 aliphatic carbocycles. The van der Waals surface area contributed by atoms with Crippen molar-refractivity contribution in [3.05, 3.63) is 48.0 Å². The highest BCUT2D eigenvalue weighted by molar-refractivity contribution is 5.80. The number of esters is 1. The van der Waals surface area contributed by atoms with E-state index in [1.807, 2.05) is 36.4 Å². The zero-order valence-electron chi connectivity index (χ0n) is 11.4. The number of amides is 1. The first kappa shape index (κ1) is 14.3. The van der Waals surface area contributed by atoms with Crippen LogP contribution in [-0.2, 0) is 20.9 Å². The van der Waals surface area contributed by atoms with Crippen LogP contribution in [-0.4, -0.2) is 18.5 Å². The van der Waals surface area contributed by atoms with Crippen molar-refractivity contribution >= 4 is 11.9 Å². The highest BCUT2D eigenvalue weighted by Crippen LogP contribution is 2.20. The Morgan fingerprint density at radius 2 is 2.05 bits per heavy atom. The molecular formula is C16H19NO3. The van der Waals surface area contributed by atoms with Gasteiger partial charge in [0.25, 0.3) is 5.91 Å². The molecule has 2 rings (SSSR count). The SMILES string of the molecule is O=C(COC(=O)C[C@@H]1C=CCC1)NCc1ccccc1. The van der Waals surface area contributed by atoms with E-state index in [4.69, 9.17) is 4.74 Å². The third kappa shape index (κ3) is 4.88. The molecule has 1 amide bonds. The van der Waals surface area contributed by atoms with Crippen LogP contribution in [0.5, 0.6) is 0 Å². The minimum absolute atomic E-state index is 0.206. The van der Waals surface area contributed by atoms with Gasteiger partial charge < -0.3 is 10.1 Å². The van der Waals surface area contributed by atoms with Gasteiger partial charge in [-0.25, -0.2) is 0 Å². The van der Waals surface area contributed by atoms with E-state index in [0.717, 1.165) is 18.4 Å². The molecule has 1 aliphatic rings. The van der Waals surface area contributed by atoms with Crippen LogP contribution in [0, 0.1) is 5.92 Å². The fourth-order valence-electron chi connectivity index (χ4n) is 2.13. The first-order valence-electron chi connectivity index (χ1n) is 6.87. The van der Waals surface area contributed by atoms with Crippen LogP contribution in [0.4, 0.5) is 0 Å². The predicted octanol–water partition coefficient (Wildman–Crippen LogP) is 2.20. The summed E-state index contributed by atoms with van der Waals surface area (Å²) in [7, 11) is 0. The summed E-state index contributed by atoms with van der Waals surface area (Å²) < 4.78 is 4.97. The molecule has 0 fully saturated rings. The minimum atomic E-state index is -0.309. The number of carbonyl (C=O) groups is 2. The normalized spacial score (nSPS) is 16.9. The van der Waals surface area contributed by atoms with Crippen LogP contribution >= 0.6 is 0 Å². The summed E-state index contributed by atoms with van der Waals surface area (Å²) in [4.78, 5) is 23.1. The number of hydrogen-bond donors (Lipinski definition) is 1. The molecule has 20 heavy (non-hydrogen) atoms. The minimum Gasteiger partial charge on any atom is -0.456 e. The van der Waals surface area contributed by atoms with Crippen molar-refractivity contribution in [1.29, 1.82) is 0 Å². The van der Waals surface area contributed by atoms with Gasteiger partial charge in [-0.3, -0.25) is 9.59 Å². The van der Waals surface area contributed by atoms with Crippen molar-refractivity contribution in [3.63, 3.8) is 0 Å². The first-order valence-corrected chi connectivity index (χ1v) is 6.87. The van der Waals surface area contributed by atoms with E-state index in [1.165, 1.54) is 0 Å². The molecule has 4 nitrogen and oxygen atoms in total. The Balaban J connectivity index is 1.62. The van der Waals surface area contributed by atoms with E-state index in [9.17, 15) is 9.59 Å². The third-order valence-corrected chi connectivity index (χ3v) is 3.24. The zero-order chi connectivity index (χ0) is 14.2. The fourth-order valence-corrected chi connectivity index (χ4v) is 2.13. The predicted molar refractivity (Wildman–Crippen MR) is 75.7 cm³/mol. The van der Waals surface area contributed by atoms with Gasteiger partial charge in [-0.1, -0.05) is 42.5 Å². The average molecular weight is 273 g/mol. The fraction of sp³-hybridized carbons (Fsp3) is 0.375. The Morgan fingerprint density at radius 1 is 1.25 bits per heavy atom. The lowest BCUT2D eigenvalue weighted by molar-refractivity contribution is -0.149. The summed E-state index contributed by atoms with van der Waals surface area (Å²) in [5.74, 6) is -0.310. The third-order valence-electron chi connectivity index (χ3n) is 3.24. The number of benzene rings is 1. The molecule has 0 aromatic heterocycles. The van der Waals surface area contributed by atoms with Crippen LogP contribution in [0.15, 0.2) is 42.5 Å². The van der Waals surface area contributed by atoms with E-state index in [0.29, 0.717) is 13.0 Å². The van der Waals surface area contributed by atoms with Crippen molar-refractivity contribution in [3.8, 4) is 0 Å². The number of nitrogens with one attached hydrogen (secondary N) is 1. The monoisotopic (exact) mass is 273 g/mol. The highest BCUT2D eigenvalue weighted by atomic mass is 16.5. The average Bonchev–Trinajstić information content (AvgIpc) is 2.97. The van der Waals surface area contributed by atoms with Gasteiger partial charge in [0.05, 0.1) is 6.42 Å². The Kier molecular flexibility index (Phi) is 5.35. The highest BCUT2D eigenvalue weighted by Gasteiger charge is 2.15. The van der Waals surface area contributed by atoms with Gasteiger partial charge >= 0.3 is 5.97 Å². The topological polar surface area (TPSA) is 55.4 Å². The number of ether oxygens (including phenoxy) is 1. The Bertz CT molecular complexity index is 482. The van der Waals surface area contributed by atoms with E-state index in [1.54, 1.807) is 0 Å². The molecule has 1 N–H and O–H groups in total. The quantitative estimate of drug-likeness (QED) is 0.638. The van der Waals surface area contributed by atoms with Crippen LogP contribution in [0.3, 0.4) is 0 Å². The first-order chi connectivity index (χ1) is 9.74. The summed E-state index contributed by atoms with van der Waals surface area (Å²) in [5.41, 5.74) is 1.02. The van der Waals surface area contributed by atoms with Crippen molar-refractivity contribution in [2.75, 3.05) is 6.61 Å². The van der Waals surface area contributed by atoms with E-state index < -0.39 is 0 Å². The van der Waals surface area contributed by atoms with E-state index in [2.05, 4.69) is 11.4 Å². The van der Waals surface area contributed by atoms with Crippen molar-refractivity contribution in [2.45, 2.75) is 25.8 Å². The summed E-state index contributed by atoms with van der Waals surface area (Å²) >= 11 is 0. The lowest BCUT2D eigenvalue weighted by Gasteiger charge is -2.08. The molecule has 106 valence electrons. The van der Waals surface area contributed by atoms with Gasteiger partial charge in [-0.2, -0.15) is 0 Å². The molecule has 0 unspecified atom stereocenters. The molecule has 0 spiro atoms. The lowest BCUT2D eigenvalue weighted by Crippen LogP contribution is -2.28. The van der Waals surface area contributed by atoms with Gasteiger partial charge in [0.2, 0.25) is 0 Å². The second-order valence-electron chi connectivity index (χ2n) is 4.89. The van der Waals surface area contributed by atoms with Crippen molar-refractivity contribution < 1.29 is 14.3 Å². The molecule has 0 bridgehead atoms. The molecule has 1 atom stereocenters. The summed E-state index contributed by atoms with van der Waals surface area (Å²) in [6, 6.07) is 9.61. The van der Waals surface area contributed by atoms with Gasteiger partial charge in [-0.15, -0.1) is 0 Å². The molecule has 0 saturated carbocycles. The van der Waals surface area contributed by atoms with Crippen molar-refractivity contribution in [1.82, 2.24) is 5.32 Å². The maximum atomic E-state index is 11.6. The van der Waals surface area contributed by atoms with Crippen molar-refractivity contribution in [2.24, 2.45) is 5.92 Å². The maximum absolute atomic E-state index is 11.6. The van der Waals surface area contributed by atoms with Crippen LogP contribution in [0.2, 0.25) is 0 Å². The largest absolute Gasteiger partial charge is 0.456 e. The molecule has 4 heteroatoms. The molecule has 0 saturated heterocycles. The van der Waals surface area contributed by atoms with E-state index >= 15 is 0 Å². The molecule has 0 aliphatic heterocycles. The van der Waals surface area contributed by atoms with Gasteiger partial charge in [0, 0.05) is 6.54 Å². The summed E-state index contributed by atoms with van der Waals surface area (Å²) in [6.07, 6.45) is 6.49. The van der Waals surface area contributed by atoms with Gasteiger partial charge in [0.1, 0.15) is 0 Å². The lowest BCUT2D eigenvalue weighted by atomic mass is 10.1. The number of allylic oxidation sites excluding steroid dienone is 2. The standard InChI is InChI=1S/C16H19NO3/c18-15(17-11-14-8-2-1-3-9-14)12-20-16(19)10-13-6-4-5-7-13/h1-4,6,8-9,13H,5,7,10-12H2,(H,17,18)/t13-/m1/s1. The smallest absolute Gasteiger partial charge is 0.306 e. The summed E-state index contributed by atoms with van der Waals surface area (Å²) in [6.45, 7) is 0.241. The maximum Gasteiger partial charge on any atom is 0.306 e. The van der Waals surface area contributed by atoms with Gasteiger partial charge in [0.15, 0.2) is 6.61 Å². The van der Waals surface area contributed by atoms with Crippen LogP contribution < -0.4 is 5.32 Å². The second-order valence-corrected chi connectivity index (χ2v) is 4.89. The molecule has 1 aromatic carbocycles. The Morgan fingerprint density at radius 3 is 2.75 bits per heavy atom. The molecule has 0 radical (unpaired) electrons. The van der Waals surface area contributed by atoms with E-state index in [-0.39, 0.29) is 24.4 Å². The zero-order valence-corrected chi connectivity index (χ0v) is 11.4.